The van der Waals surface area contributed by atoms with Crippen molar-refractivity contribution in [3.05, 3.63) is 46.5 Å². The minimum absolute atomic E-state index is 0.0382. The third kappa shape index (κ3) is 5.38. The second kappa shape index (κ2) is 9.99. The molecule has 1 saturated carbocycles. The smallest absolute Gasteiger partial charge is 0.181 e. The van der Waals surface area contributed by atoms with Crippen molar-refractivity contribution >= 4 is 11.6 Å². The van der Waals surface area contributed by atoms with E-state index in [4.69, 9.17) is 0 Å². The fourth-order valence-corrected chi connectivity index (χ4v) is 4.84. The summed E-state index contributed by atoms with van der Waals surface area (Å²) in [6.45, 7) is 13.5. The van der Waals surface area contributed by atoms with Crippen LogP contribution in [0.3, 0.4) is 0 Å². The van der Waals surface area contributed by atoms with E-state index in [9.17, 15) is 24.9 Å². The summed E-state index contributed by atoms with van der Waals surface area (Å²) in [4.78, 5) is 25.9. The molecule has 4 unspecified atom stereocenters. The molecule has 0 aromatic rings. The third-order valence-electron chi connectivity index (χ3n) is 6.83. The fourth-order valence-electron chi connectivity index (χ4n) is 4.84. The molecule has 0 aliphatic heterocycles. The lowest BCUT2D eigenvalue weighted by atomic mass is 9.74. The molecule has 0 saturated heterocycles. The zero-order valence-electron chi connectivity index (χ0n) is 19.6. The van der Waals surface area contributed by atoms with Crippen molar-refractivity contribution in [3.8, 4) is 0 Å². The maximum absolute atomic E-state index is 13.1. The topological polar surface area (TPSA) is 94.8 Å². The van der Waals surface area contributed by atoms with Crippen LogP contribution in [0.25, 0.3) is 0 Å². The Morgan fingerprint density at radius 3 is 2.45 bits per heavy atom. The Morgan fingerprint density at radius 1 is 1.26 bits per heavy atom. The number of carbonyl (C=O) groups is 2. The van der Waals surface area contributed by atoms with Crippen molar-refractivity contribution in [1.82, 2.24) is 0 Å². The van der Waals surface area contributed by atoms with E-state index >= 15 is 0 Å². The molecule has 0 spiro atoms. The summed E-state index contributed by atoms with van der Waals surface area (Å²) in [5.41, 5.74) is 0.975. The molecule has 2 aliphatic carbocycles. The van der Waals surface area contributed by atoms with Crippen LogP contribution in [0, 0.1) is 17.8 Å². The Bertz CT molecular complexity index is 836. The lowest BCUT2D eigenvalue weighted by molar-refractivity contribution is -0.124. The molecule has 5 nitrogen and oxygen atoms in total. The number of aliphatic hydroxyl groups excluding tert-OH is 2. The minimum Gasteiger partial charge on any atom is -0.511 e. The average Bonchev–Trinajstić information content (AvgIpc) is 2.97. The zero-order chi connectivity index (χ0) is 23.5. The van der Waals surface area contributed by atoms with Gasteiger partial charge in [0.1, 0.15) is 17.1 Å². The van der Waals surface area contributed by atoms with E-state index in [2.05, 4.69) is 6.58 Å². The third-order valence-corrected chi connectivity index (χ3v) is 6.83. The largest absolute Gasteiger partial charge is 0.511 e. The second-order valence-corrected chi connectivity index (χ2v) is 9.71. The summed E-state index contributed by atoms with van der Waals surface area (Å²) in [6.07, 6.45) is 5.28. The molecular weight excluding hydrogens is 392 g/mol. The first-order valence-electron chi connectivity index (χ1n) is 11.4. The van der Waals surface area contributed by atoms with Crippen molar-refractivity contribution < 1.29 is 24.9 Å². The normalized spacial score (nSPS) is 28.8. The summed E-state index contributed by atoms with van der Waals surface area (Å²) < 4.78 is 0. The van der Waals surface area contributed by atoms with Crippen molar-refractivity contribution in [2.45, 2.75) is 85.2 Å². The predicted octanol–water partition coefficient (Wildman–Crippen LogP) is 5.67. The predicted molar refractivity (Wildman–Crippen MR) is 123 cm³/mol. The molecule has 0 amide bonds. The van der Waals surface area contributed by atoms with E-state index in [0.717, 1.165) is 24.0 Å². The highest BCUT2D eigenvalue weighted by Crippen LogP contribution is 2.48. The number of Topliss-reactive ketones (excluding diaryl/α,β-unsaturated/α-hetero) is 2. The maximum Gasteiger partial charge on any atom is 0.181 e. The van der Waals surface area contributed by atoms with Gasteiger partial charge in [-0.3, -0.25) is 9.59 Å². The highest BCUT2D eigenvalue weighted by molar-refractivity contribution is 6.23. The number of rotatable bonds is 9. The van der Waals surface area contributed by atoms with E-state index in [1.54, 1.807) is 6.92 Å². The number of aliphatic hydroxyl groups is 3. The maximum atomic E-state index is 13.1. The van der Waals surface area contributed by atoms with Gasteiger partial charge in [0.25, 0.3) is 0 Å². The van der Waals surface area contributed by atoms with Crippen LogP contribution in [0.4, 0.5) is 0 Å². The quantitative estimate of drug-likeness (QED) is 0.324. The number of unbranched alkanes of at least 4 members (excludes halogenated alkanes) is 1. The SMILES string of the molecule is C=C(C)C1CCC(C)(O)C1CC1=C(O)C(CC=C(C)C)C(=O)C(C(=O)CCCC)=C1O. The van der Waals surface area contributed by atoms with Crippen LogP contribution in [0.2, 0.25) is 0 Å². The van der Waals surface area contributed by atoms with Gasteiger partial charge in [-0.15, -0.1) is 0 Å². The first kappa shape index (κ1) is 25.1. The summed E-state index contributed by atoms with van der Waals surface area (Å²) >= 11 is 0. The highest BCUT2D eigenvalue weighted by atomic mass is 16.3. The molecule has 4 atom stereocenters. The molecule has 31 heavy (non-hydrogen) atoms. The van der Waals surface area contributed by atoms with Crippen molar-refractivity contribution in [2.24, 2.45) is 17.8 Å². The summed E-state index contributed by atoms with van der Waals surface area (Å²) in [5.74, 6) is -2.63. The van der Waals surface area contributed by atoms with Gasteiger partial charge in [-0.1, -0.05) is 37.1 Å². The number of allylic oxidation sites excluding steroid dienone is 6. The van der Waals surface area contributed by atoms with Crippen LogP contribution in [0.5, 0.6) is 0 Å². The standard InChI is InChI=1S/C26H38O5/c1-7-8-9-21(27)22-24(29)18(11-10-15(2)3)23(28)19(25(22)30)14-20-17(16(4)5)12-13-26(20,6)31/h10,17-18,20,28,30-31H,4,7-9,11-14H2,1-3,5-6H3. The Morgan fingerprint density at radius 2 is 1.90 bits per heavy atom. The van der Waals surface area contributed by atoms with Gasteiger partial charge in [-0.2, -0.15) is 0 Å². The molecule has 172 valence electrons. The van der Waals surface area contributed by atoms with Gasteiger partial charge in [0.05, 0.1) is 11.5 Å². The van der Waals surface area contributed by atoms with Gasteiger partial charge in [0.15, 0.2) is 11.6 Å². The molecule has 0 heterocycles. The summed E-state index contributed by atoms with van der Waals surface area (Å²) in [5, 5.41) is 33.0. The fraction of sp³-hybridized carbons (Fsp3) is 0.615. The van der Waals surface area contributed by atoms with Crippen molar-refractivity contribution in [3.63, 3.8) is 0 Å². The summed E-state index contributed by atoms with van der Waals surface area (Å²) in [6, 6.07) is 0. The first-order chi connectivity index (χ1) is 14.4. The monoisotopic (exact) mass is 430 g/mol. The van der Waals surface area contributed by atoms with Crippen LogP contribution in [-0.4, -0.2) is 32.5 Å². The van der Waals surface area contributed by atoms with Crippen molar-refractivity contribution in [1.29, 1.82) is 0 Å². The number of hydrogen-bond donors (Lipinski definition) is 3. The van der Waals surface area contributed by atoms with Gasteiger partial charge in [0.2, 0.25) is 0 Å². The zero-order valence-corrected chi connectivity index (χ0v) is 19.6. The van der Waals surface area contributed by atoms with Gasteiger partial charge >= 0.3 is 0 Å². The Balaban J connectivity index is 2.54. The van der Waals surface area contributed by atoms with Crippen LogP contribution in [0.1, 0.15) is 79.6 Å². The molecule has 1 fully saturated rings. The lowest BCUT2D eigenvalue weighted by Crippen LogP contribution is -2.35. The van der Waals surface area contributed by atoms with Gasteiger partial charge in [-0.05, 0) is 71.6 Å². The molecular formula is C26H38O5. The number of carbonyl (C=O) groups excluding carboxylic acids is 2. The Kier molecular flexibility index (Phi) is 8.09. The van der Waals surface area contributed by atoms with Crippen LogP contribution in [0.15, 0.2) is 46.5 Å². The minimum atomic E-state index is -0.986. The summed E-state index contributed by atoms with van der Waals surface area (Å²) in [7, 11) is 0. The number of ketones is 2. The second-order valence-electron chi connectivity index (χ2n) is 9.71. The van der Waals surface area contributed by atoms with E-state index in [-0.39, 0.29) is 53.8 Å². The first-order valence-corrected chi connectivity index (χ1v) is 11.4. The molecule has 0 radical (unpaired) electrons. The van der Waals surface area contributed by atoms with E-state index in [0.29, 0.717) is 12.8 Å². The molecule has 0 aromatic carbocycles. The van der Waals surface area contributed by atoms with Gasteiger partial charge < -0.3 is 15.3 Å². The van der Waals surface area contributed by atoms with Crippen LogP contribution < -0.4 is 0 Å². The molecule has 5 heteroatoms. The Labute approximate surface area is 186 Å². The van der Waals surface area contributed by atoms with E-state index in [1.165, 1.54) is 0 Å². The Hall–Kier alpha value is -2.14. The van der Waals surface area contributed by atoms with E-state index < -0.39 is 23.1 Å². The van der Waals surface area contributed by atoms with Crippen molar-refractivity contribution in [2.75, 3.05) is 0 Å². The van der Waals surface area contributed by atoms with Crippen LogP contribution in [-0.2, 0) is 9.59 Å². The molecule has 0 bridgehead atoms. The molecule has 2 rings (SSSR count). The molecule has 2 aliphatic rings. The average molecular weight is 431 g/mol. The molecule has 0 aromatic heterocycles. The van der Waals surface area contributed by atoms with Gasteiger partial charge in [-0.25, -0.2) is 0 Å². The number of hydrogen-bond acceptors (Lipinski definition) is 5. The van der Waals surface area contributed by atoms with E-state index in [1.807, 2.05) is 33.8 Å². The van der Waals surface area contributed by atoms with Gasteiger partial charge in [0, 0.05) is 12.0 Å². The highest BCUT2D eigenvalue weighted by Gasteiger charge is 2.47. The lowest BCUT2D eigenvalue weighted by Gasteiger charge is -2.33. The van der Waals surface area contributed by atoms with Crippen LogP contribution >= 0.6 is 0 Å². The molecule has 3 N–H and O–H groups in total.